The number of aromatic nitrogens is 1. The molecule has 1 unspecified atom stereocenters. The first-order valence-electron chi connectivity index (χ1n) is 5.72. The van der Waals surface area contributed by atoms with Crippen LogP contribution in [-0.2, 0) is 0 Å². The Morgan fingerprint density at radius 2 is 2.22 bits per heavy atom. The van der Waals surface area contributed by atoms with Crippen molar-refractivity contribution in [1.82, 2.24) is 4.98 Å². The summed E-state index contributed by atoms with van der Waals surface area (Å²) in [6, 6.07) is 8.46. The molecule has 1 N–H and O–H groups in total. The molecule has 4 heteroatoms. The minimum absolute atomic E-state index is 0.207. The van der Waals surface area contributed by atoms with Gasteiger partial charge in [-0.15, -0.1) is 0 Å². The molecule has 0 amide bonds. The van der Waals surface area contributed by atoms with Crippen LogP contribution >= 0.6 is 0 Å². The SMILES string of the molecule is CCOc1cccc(C(O)c2ccncc2F)c1. The monoisotopic (exact) mass is 247 g/mol. The number of ether oxygens (including phenoxy) is 1. The van der Waals surface area contributed by atoms with Crippen LogP contribution in [0.5, 0.6) is 5.75 Å². The highest BCUT2D eigenvalue weighted by atomic mass is 19.1. The molecule has 2 aromatic rings. The molecule has 1 heterocycles. The summed E-state index contributed by atoms with van der Waals surface area (Å²) >= 11 is 0. The highest BCUT2D eigenvalue weighted by molar-refractivity contribution is 5.35. The molecule has 1 aromatic carbocycles. The molecule has 1 aromatic heterocycles. The molecule has 0 bridgehead atoms. The van der Waals surface area contributed by atoms with Gasteiger partial charge in [0, 0.05) is 11.8 Å². The van der Waals surface area contributed by atoms with E-state index in [0.717, 1.165) is 6.20 Å². The van der Waals surface area contributed by atoms with Crippen LogP contribution < -0.4 is 4.74 Å². The molecule has 0 aliphatic rings. The molecule has 0 radical (unpaired) electrons. The zero-order chi connectivity index (χ0) is 13.0. The van der Waals surface area contributed by atoms with Crippen LogP contribution in [0.15, 0.2) is 42.7 Å². The van der Waals surface area contributed by atoms with E-state index in [1.807, 2.05) is 6.92 Å². The Morgan fingerprint density at radius 3 is 2.94 bits per heavy atom. The van der Waals surface area contributed by atoms with Gasteiger partial charge in [-0.3, -0.25) is 4.98 Å². The number of rotatable bonds is 4. The minimum Gasteiger partial charge on any atom is -0.494 e. The van der Waals surface area contributed by atoms with Crippen molar-refractivity contribution in [1.29, 1.82) is 0 Å². The van der Waals surface area contributed by atoms with E-state index in [1.165, 1.54) is 12.3 Å². The van der Waals surface area contributed by atoms with Crippen LogP contribution in [0.4, 0.5) is 4.39 Å². The van der Waals surface area contributed by atoms with Crippen LogP contribution in [0.1, 0.15) is 24.2 Å². The van der Waals surface area contributed by atoms with Crippen LogP contribution in [0, 0.1) is 5.82 Å². The first-order valence-corrected chi connectivity index (χ1v) is 5.72. The van der Waals surface area contributed by atoms with Crippen molar-refractivity contribution in [3.63, 3.8) is 0 Å². The van der Waals surface area contributed by atoms with Gasteiger partial charge in [-0.05, 0) is 30.7 Å². The van der Waals surface area contributed by atoms with Crippen molar-refractivity contribution in [3.8, 4) is 5.75 Å². The summed E-state index contributed by atoms with van der Waals surface area (Å²) in [4.78, 5) is 3.66. The van der Waals surface area contributed by atoms with Crippen LogP contribution in [0.25, 0.3) is 0 Å². The molecule has 0 saturated carbocycles. The number of halogens is 1. The van der Waals surface area contributed by atoms with Crippen molar-refractivity contribution >= 4 is 0 Å². The number of hydrogen-bond acceptors (Lipinski definition) is 3. The third-order valence-corrected chi connectivity index (χ3v) is 2.58. The molecule has 1 atom stereocenters. The fraction of sp³-hybridized carbons (Fsp3) is 0.214. The molecule has 0 aliphatic heterocycles. The Bertz CT molecular complexity index is 531. The lowest BCUT2D eigenvalue weighted by atomic mass is 10.0. The summed E-state index contributed by atoms with van der Waals surface area (Å²) in [6.45, 7) is 2.43. The van der Waals surface area contributed by atoms with Gasteiger partial charge in [0.2, 0.25) is 0 Å². The second kappa shape index (κ2) is 5.60. The average Bonchev–Trinajstić information content (AvgIpc) is 2.39. The molecular formula is C14H14FNO2. The quantitative estimate of drug-likeness (QED) is 0.903. The summed E-state index contributed by atoms with van der Waals surface area (Å²) < 4.78 is 18.9. The van der Waals surface area contributed by atoms with E-state index in [9.17, 15) is 9.50 Å². The Balaban J connectivity index is 2.31. The Kier molecular flexibility index (Phi) is 3.89. The van der Waals surface area contributed by atoms with Crippen LogP contribution in [0.2, 0.25) is 0 Å². The van der Waals surface area contributed by atoms with Crippen molar-refractivity contribution in [2.45, 2.75) is 13.0 Å². The Morgan fingerprint density at radius 1 is 1.39 bits per heavy atom. The molecule has 0 aliphatic carbocycles. The van der Waals surface area contributed by atoms with Gasteiger partial charge in [-0.2, -0.15) is 0 Å². The fourth-order valence-electron chi connectivity index (χ4n) is 1.73. The lowest BCUT2D eigenvalue weighted by Crippen LogP contribution is -2.03. The van der Waals surface area contributed by atoms with Gasteiger partial charge in [0.25, 0.3) is 0 Å². The van der Waals surface area contributed by atoms with Crippen molar-refractivity contribution in [2.24, 2.45) is 0 Å². The van der Waals surface area contributed by atoms with E-state index in [2.05, 4.69) is 4.98 Å². The predicted octanol–water partition coefficient (Wildman–Crippen LogP) is 2.70. The highest BCUT2D eigenvalue weighted by Crippen LogP contribution is 2.26. The van der Waals surface area contributed by atoms with E-state index in [4.69, 9.17) is 4.74 Å². The maximum atomic E-state index is 13.5. The number of aliphatic hydroxyl groups is 1. The summed E-state index contributed by atoms with van der Waals surface area (Å²) in [5.74, 6) is 0.135. The van der Waals surface area contributed by atoms with Gasteiger partial charge < -0.3 is 9.84 Å². The molecule has 0 spiro atoms. The molecular weight excluding hydrogens is 233 g/mol. The predicted molar refractivity (Wildman–Crippen MR) is 65.9 cm³/mol. The molecule has 0 fully saturated rings. The largest absolute Gasteiger partial charge is 0.494 e. The topological polar surface area (TPSA) is 42.4 Å². The third-order valence-electron chi connectivity index (χ3n) is 2.58. The van der Waals surface area contributed by atoms with E-state index in [1.54, 1.807) is 24.3 Å². The van der Waals surface area contributed by atoms with Gasteiger partial charge in [0.15, 0.2) is 0 Å². The lowest BCUT2D eigenvalue weighted by molar-refractivity contribution is 0.214. The van der Waals surface area contributed by atoms with Crippen molar-refractivity contribution in [2.75, 3.05) is 6.61 Å². The number of hydrogen-bond donors (Lipinski definition) is 1. The van der Waals surface area contributed by atoms with Crippen molar-refractivity contribution < 1.29 is 14.2 Å². The third kappa shape index (κ3) is 2.65. The van der Waals surface area contributed by atoms with Gasteiger partial charge in [-0.25, -0.2) is 4.39 Å². The Labute approximate surface area is 105 Å². The fourth-order valence-corrected chi connectivity index (χ4v) is 1.73. The normalized spacial score (nSPS) is 12.2. The maximum absolute atomic E-state index is 13.5. The standard InChI is InChI=1S/C14H14FNO2/c1-2-18-11-5-3-4-10(8-11)14(17)12-6-7-16-9-13(12)15/h3-9,14,17H,2H2,1H3. The molecule has 0 saturated heterocycles. The molecule has 94 valence electrons. The summed E-state index contributed by atoms with van der Waals surface area (Å²) in [6.07, 6.45) is 1.52. The lowest BCUT2D eigenvalue weighted by Gasteiger charge is -2.13. The first kappa shape index (κ1) is 12.5. The van der Waals surface area contributed by atoms with Gasteiger partial charge in [0.1, 0.15) is 17.7 Å². The van der Waals surface area contributed by atoms with E-state index in [-0.39, 0.29) is 5.56 Å². The zero-order valence-electron chi connectivity index (χ0n) is 10.0. The number of benzene rings is 1. The number of nitrogens with zero attached hydrogens (tertiary/aromatic N) is 1. The molecule has 3 nitrogen and oxygen atoms in total. The smallest absolute Gasteiger partial charge is 0.147 e. The summed E-state index contributed by atoms with van der Waals surface area (Å²) in [5, 5.41) is 10.1. The second-order valence-electron chi connectivity index (χ2n) is 3.81. The van der Waals surface area contributed by atoms with E-state index < -0.39 is 11.9 Å². The Hall–Kier alpha value is -1.94. The zero-order valence-corrected chi connectivity index (χ0v) is 10.0. The molecule has 2 rings (SSSR count). The summed E-state index contributed by atoms with van der Waals surface area (Å²) in [5.41, 5.74) is 0.796. The van der Waals surface area contributed by atoms with Gasteiger partial charge in [0.05, 0.1) is 12.8 Å². The highest BCUT2D eigenvalue weighted by Gasteiger charge is 2.15. The maximum Gasteiger partial charge on any atom is 0.147 e. The number of pyridine rings is 1. The van der Waals surface area contributed by atoms with Gasteiger partial charge >= 0.3 is 0 Å². The summed E-state index contributed by atoms with van der Waals surface area (Å²) in [7, 11) is 0. The van der Waals surface area contributed by atoms with E-state index in [0.29, 0.717) is 17.9 Å². The second-order valence-corrected chi connectivity index (χ2v) is 3.81. The number of aliphatic hydroxyl groups excluding tert-OH is 1. The average molecular weight is 247 g/mol. The van der Waals surface area contributed by atoms with Crippen molar-refractivity contribution in [3.05, 3.63) is 59.7 Å². The van der Waals surface area contributed by atoms with Crippen LogP contribution in [-0.4, -0.2) is 16.7 Å². The van der Waals surface area contributed by atoms with Crippen LogP contribution in [0.3, 0.4) is 0 Å². The minimum atomic E-state index is -1.02. The first-order chi connectivity index (χ1) is 8.72. The van der Waals surface area contributed by atoms with E-state index >= 15 is 0 Å². The van der Waals surface area contributed by atoms with Gasteiger partial charge in [-0.1, -0.05) is 12.1 Å². The molecule has 18 heavy (non-hydrogen) atoms.